The smallest absolute Gasteiger partial charge is 0.122 e. The van der Waals surface area contributed by atoms with E-state index in [1.165, 1.54) is 0 Å². The molecule has 0 unspecified atom stereocenters. The van der Waals surface area contributed by atoms with Crippen LogP contribution in [0.3, 0.4) is 0 Å². The van der Waals surface area contributed by atoms with Crippen molar-refractivity contribution >= 4 is 11.6 Å². The van der Waals surface area contributed by atoms with Crippen LogP contribution in [0.2, 0.25) is 5.02 Å². The zero-order chi connectivity index (χ0) is 13.9. The van der Waals surface area contributed by atoms with E-state index in [0.717, 1.165) is 61.9 Å². The third-order valence-corrected chi connectivity index (χ3v) is 3.08. The summed E-state index contributed by atoms with van der Waals surface area (Å²) in [5, 5.41) is 4.14. The van der Waals surface area contributed by atoms with Crippen LogP contribution in [0.25, 0.3) is 0 Å². The molecule has 1 aromatic rings. The number of rotatable bonds is 10. The maximum atomic E-state index is 5.90. The van der Waals surface area contributed by atoms with Gasteiger partial charge in [-0.05, 0) is 63.0 Å². The van der Waals surface area contributed by atoms with Crippen LogP contribution in [-0.4, -0.2) is 33.4 Å². The predicted octanol–water partition coefficient (Wildman–Crippen LogP) is 3.43. The Morgan fingerprint density at radius 1 is 1.11 bits per heavy atom. The minimum Gasteiger partial charge on any atom is -0.493 e. The van der Waals surface area contributed by atoms with Gasteiger partial charge in [0.2, 0.25) is 0 Å². The van der Waals surface area contributed by atoms with Crippen LogP contribution < -0.4 is 10.1 Å². The van der Waals surface area contributed by atoms with Gasteiger partial charge < -0.3 is 14.8 Å². The number of hydrogen-bond acceptors (Lipinski definition) is 3. The minimum atomic E-state index is 0.752. The molecule has 0 amide bonds. The molecule has 0 saturated carbocycles. The molecule has 0 aliphatic carbocycles. The van der Waals surface area contributed by atoms with E-state index in [0.29, 0.717) is 0 Å². The molecule has 0 aliphatic rings. The topological polar surface area (TPSA) is 30.5 Å². The number of aryl methyl sites for hydroxylation is 1. The third-order valence-electron chi connectivity index (χ3n) is 2.84. The molecule has 1 aromatic carbocycles. The van der Waals surface area contributed by atoms with Crippen molar-refractivity contribution in [3.05, 3.63) is 28.8 Å². The SMILES string of the molecule is COCCCNCCCCOc1ccc(Cl)cc1C. The monoisotopic (exact) mass is 285 g/mol. The molecule has 3 nitrogen and oxygen atoms in total. The highest BCUT2D eigenvalue weighted by Gasteiger charge is 1.99. The summed E-state index contributed by atoms with van der Waals surface area (Å²) in [5.41, 5.74) is 1.09. The van der Waals surface area contributed by atoms with E-state index in [2.05, 4.69) is 5.32 Å². The van der Waals surface area contributed by atoms with Crippen LogP contribution in [0.5, 0.6) is 5.75 Å². The Hall–Kier alpha value is -0.770. The molecule has 1 rings (SSSR count). The molecule has 0 radical (unpaired) electrons. The second-order valence-electron chi connectivity index (χ2n) is 4.56. The normalized spacial score (nSPS) is 10.7. The average molecular weight is 286 g/mol. The van der Waals surface area contributed by atoms with E-state index in [9.17, 15) is 0 Å². The number of unbranched alkanes of at least 4 members (excludes halogenated alkanes) is 1. The summed E-state index contributed by atoms with van der Waals surface area (Å²) in [7, 11) is 1.73. The lowest BCUT2D eigenvalue weighted by Gasteiger charge is -2.09. The number of methoxy groups -OCH3 is 1. The van der Waals surface area contributed by atoms with E-state index in [-0.39, 0.29) is 0 Å². The van der Waals surface area contributed by atoms with Gasteiger partial charge in [-0.25, -0.2) is 0 Å². The fraction of sp³-hybridized carbons (Fsp3) is 0.600. The van der Waals surface area contributed by atoms with Crippen LogP contribution in [-0.2, 0) is 4.74 Å². The number of hydrogen-bond donors (Lipinski definition) is 1. The van der Waals surface area contributed by atoms with Gasteiger partial charge in [0.1, 0.15) is 5.75 Å². The largest absolute Gasteiger partial charge is 0.493 e. The molecule has 0 aromatic heterocycles. The first-order valence-corrected chi connectivity index (χ1v) is 7.20. The van der Waals surface area contributed by atoms with Crippen LogP contribution in [0.4, 0.5) is 0 Å². The highest BCUT2D eigenvalue weighted by molar-refractivity contribution is 6.30. The minimum absolute atomic E-state index is 0.752. The highest BCUT2D eigenvalue weighted by atomic mass is 35.5. The number of ether oxygens (including phenoxy) is 2. The standard InChI is InChI=1S/C15H24ClNO2/c1-13-12-14(16)6-7-15(13)19-11-4-3-8-17-9-5-10-18-2/h6-7,12,17H,3-5,8-11H2,1-2H3. The third kappa shape index (κ3) is 7.41. The first-order chi connectivity index (χ1) is 9.24. The van der Waals surface area contributed by atoms with Crippen molar-refractivity contribution in [3.8, 4) is 5.75 Å². The lowest BCUT2D eigenvalue weighted by molar-refractivity contribution is 0.194. The molecule has 1 N–H and O–H groups in total. The number of halogens is 1. The zero-order valence-electron chi connectivity index (χ0n) is 11.9. The van der Waals surface area contributed by atoms with Crippen LogP contribution in [0.15, 0.2) is 18.2 Å². The fourth-order valence-electron chi connectivity index (χ4n) is 1.78. The van der Waals surface area contributed by atoms with Gasteiger partial charge in [-0.15, -0.1) is 0 Å². The fourth-order valence-corrected chi connectivity index (χ4v) is 2.00. The molecule has 19 heavy (non-hydrogen) atoms. The summed E-state index contributed by atoms with van der Waals surface area (Å²) < 4.78 is 10.7. The van der Waals surface area contributed by atoms with Gasteiger partial charge in [-0.1, -0.05) is 11.6 Å². The van der Waals surface area contributed by atoms with Gasteiger partial charge in [-0.3, -0.25) is 0 Å². The molecular weight excluding hydrogens is 262 g/mol. The van der Waals surface area contributed by atoms with E-state index < -0.39 is 0 Å². The van der Waals surface area contributed by atoms with Crippen molar-refractivity contribution in [3.63, 3.8) is 0 Å². The summed E-state index contributed by atoms with van der Waals surface area (Å²) >= 11 is 5.90. The van der Waals surface area contributed by atoms with Crippen LogP contribution in [0.1, 0.15) is 24.8 Å². The van der Waals surface area contributed by atoms with Gasteiger partial charge in [0.05, 0.1) is 6.61 Å². The van der Waals surface area contributed by atoms with Gasteiger partial charge in [-0.2, -0.15) is 0 Å². The number of nitrogens with one attached hydrogen (secondary N) is 1. The van der Waals surface area contributed by atoms with E-state index in [4.69, 9.17) is 21.1 Å². The second-order valence-corrected chi connectivity index (χ2v) is 5.00. The maximum Gasteiger partial charge on any atom is 0.122 e. The van der Waals surface area contributed by atoms with Crippen molar-refractivity contribution in [1.29, 1.82) is 0 Å². The zero-order valence-corrected chi connectivity index (χ0v) is 12.6. The van der Waals surface area contributed by atoms with Gasteiger partial charge in [0, 0.05) is 18.7 Å². The molecule has 0 bridgehead atoms. The quantitative estimate of drug-likeness (QED) is 0.668. The average Bonchev–Trinajstić information content (AvgIpc) is 2.39. The second kappa shape index (κ2) is 10.1. The summed E-state index contributed by atoms with van der Waals surface area (Å²) in [6.45, 7) is 5.64. The summed E-state index contributed by atoms with van der Waals surface area (Å²) in [6, 6.07) is 5.72. The van der Waals surface area contributed by atoms with Crippen LogP contribution >= 0.6 is 11.6 Å². The van der Waals surface area contributed by atoms with Gasteiger partial charge in [0.25, 0.3) is 0 Å². The predicted molar refractivity (Wildman–Crippen MR) is 80.3 cm³/mol. The van der Waals surface area contributed by atoms with Crippen molar-refractivity contribution in [2.75, 3.05) is 33.4 Å². The summed E-state index contributed by atoms with van der Waals surface area (Å²) in [5.74, 6) is 0.928. The molecule has 0 fully saturated rings. The van der Waals surface area contributed by atoms with Crippen molar-refractivity contribution in [2.45, 2.75) is 26.2 Å². The Bertz CT molecular complexity index is 358. The Labute approximate surface area is 121 Å². The molecule has 0 aliphatic heterocycles. The molecule has 0 heterocycles. The maximum absolute atomic E-state index is 5.90. The lowest BCUT2D eigenvalue weighted by Crippen LogP contribution is -2.18. The van der Waals surface area contributed by atoms with Crippen molar-refractivity contribution in [1.82, 2.24) is 5.32 Å². The first kappa shape index (κ1) is 16.3. The lowest BCUT2D eigenvalue weighted by atomic mass is 10.2. The summed E-state index contributed by atoms with van der Waals surface area (Å²) in [6.07, 6.45) is 3.25. The van der Waals surface area contributed by atoms with Crippen molar-refractivity contribution in [2.24, 2.45) is 0 Å². The molecule has 108 valence electrons. The molecule has 0 saturated heterocycles. The van der Waals surface area contributed by atoms with Gasteiger partial charge >= 0.3 is 0 Å². The highest BCUT2D eigenvalue weighted by Crippen LogP contribution is 2.21. The molecular formula is C15H24ClNO2. The summed E-state index contributed by atoms with van der Waals surface area (Å²) in [4.78, 5) is 0. The van der Waals surface area contributed by atoms with E-state index in [1.807, 2.05) is 25.1 Å². The Kier molecular flexibility index (Phi) is 8.63. The first-order valence-electron chi connectivity index (χ1n) is 6.82. The van der Waals surface area contributed by atoms with Crippen LogP contribution in [0, 0.1) is 6.92 Å². The Morgan fingerprint density at radius 2 is 1.89 bits per heavy atom. The van der Waals surface area contributed by atoms with Crippen molar-refractivity contribution < 1.29 is 9.47 Å². The Balaban J connectivity index is 2.01. The number of benzene rings is 1. The van der Waals surface area contributed by atoms with E-state index in [1.54, 1.807) is 7.11 Å². The van der Waals surface area contributed by atoms with E-state index >= 15 is 0 Å². The molecule has 0 spiro atoms. The van der Waals surface area contributed by atoms with Gasteiger partial charge in [0.15, 0.2) is 0 Å². The Morgan fingerprint density at radius 3 is 2.63 bits per heavy atom. The molecule has 0 atom stereocenters. The molecule has 4 heteroatoms.